The van der Waals surface area contributed by atoms with Crippen LogP contribution in [0.25, 0.3) is 22.3 Å². The van der Waals surface area contributed by atoms with Crippen molar-refractivity contribution in [2.75, 3.05) is 39.1 Å². The molecule has 0 bridgehead atoms. The summed E-state index contributed by atoms with van der Waals surface area (Å²) in [6, 6.07) is 10.4. The van der Waals surface area contributed by atoms with Crippen molar-refractivity contribution >= 4 is 28.3 Å². The molecule has 35 heavy (non-hydrogen) atoms. The highest BCUT2D eigenvalue weighted by Gasteiger charge is 2.50. The molecule has 1 saturated heterocycles. The number of carbonyl (C=O) groups is 1. The first-order chi connectivity index (χ1) is 16.9. The number of aromatic amines is 1. The number of rotatable bonds is 4. The molecule has 2 aliphatic heterocycles. The number of anilines is 2. The van der Waals surface area contributed by atoms with Crippen LogP contribution in [-0.2, 0) is 5.41 Å². The van der Waals surface area contributed by atoms with E-state index >= 15 is 0 Å². The van der Waals surface area contributed by atoms with Gasteiger partial charge >= 0.3 is 0 Å². The quantitative estimate of drug-likeness (QED) is 0.419. The molecule has 1 fully saturated rings. The Morgan fingerprint density at radius 1 is 1.20 bits per heavy atom. The number of carbonyl (C=O) groups excluding carboxylic acids is 1. The van der Waals surface area contributed by atoms with Crippen LogP contribution in [0, 0.1) is 12.7 Å². The number of nitrogens with one attached hydrogen (secondary N) is 3. The molecule has 9 heteroatoms. The predicted octanol–water partition coefficient (Wildman–Crippen LogP) is 3.75. The van der Waals surface area contributed by atoms with Crippen molar-refractivity contribution < 1.29 is 13.9 Å². The number of halogens is 1. The molecular formula is C26H25FN6O2. The molecule has 0 aliphatic carbocycles. The number of likely N-dealkylation sites (N-methyl/N-ethyl adjacent to an activating group) is 1. The molecule has 1 amide bonds. The average molecular weight is 473 g/mol. The summed E-state index contributed by atoms with van der Waals surface area (Å²) in [7, 11) is 3.63. The van der Waals surface area contributed by atoms with Crippen LogP contribution in [-0.4, -0.2) is 59.6 Å². The summed E-state index contributed by atoms with van der Waals surface area (Å²) in [5, 5.41) is 6.46. The Balaban J connectivity index is 1.62. The Bertz CT molecular complexity index is 1490. The summed E-state index contributed by atoms with van der Waals surface area (Å²) in [6.07, 6.45) is 1.72. The van der Waals surface area contributed by atoms with E-state index in [-0.39, 0.29) is 17.1 Å². The lowest BCUT2D eigenvalue weighted by molar-refractivity contribution is 0.0690. The highest BCUT2D eigenvalue weighted by atomic mass is 19.1. The first-order valence-electron chi connectivity index (χ1n) is 11.5. The standard InChI is InChI=1S/C26H25FN6O2/c1-14-16(27)5-4-6-17(14)30-23-20-24(26(11-29-25(20)34)12-33(2)13-26)32-22(23)15-9-10-28-18-7-8-19(35-3)31-21(15)18/h4-10,30,32H,11-13H2,1-3H3,(H,29,34). The molecule has 6 rings (SSSR count). The molecule has 8 nitrogen and oxygen atoms in total. The van der Waals surface area contributed by atoms with Gasteiger partial charge in [-0.05, 0) is 38.2 Å². The van der Waals surface area contributed by atoms with E-state index in [9.17, 15) is 9.18 Å². The summed E-state index contributed by atoms with van der Waals surface area (Å²) < 4.78 is 19.8. The monoisotopic (exact) mass is 472 g/mol. The lowest BCUT2D eigenvalue weighted by Gasteiger charge is -2.50. The van der Waals surface area contributed by atoms with Gasteiger partial charge in [0, 0.05) is 54.4 Å². The molecule has 1 spiro atoms. The van der Waals surface area contributed by atoms with E-state index in [2.05, 4.69) is 37.5 Å². The predicted molar refractivity (Wildman–Crippen MR) is 132 cm³/mol. The van der Waals surface area contributed by atoms with Crippen LogP contribution < -0.4 is 15.4 Å². The molecule has 4 aromatic rings. The maximum Gasteiger partial charge on any atom is 0.255 e. The van der Waals surface area contributed by atoms with Gasteiger partial charge in [0.2, 0.25) is 5.88 Å². The second-order valence-corrected chi connectivity index (χ2v) is 9.38. The zero-order chi connectivity index (χ0) is 24.3. The maximum atomic E-state index is 14.4. The van der Waals surface area contributed by atoms with Crippen LogP contribution >= 0.6 is 0 Å². The highest BCUT2D eigenvalue weighted by molar-refractivity contribution is 6.08. The summed E-state index contributed by atoms with van der Waals surface area (Å²) >= 11 is 0. The number of methoxy groups -OCH3 is 1. The number of nitrogens with zero attached hydrogens (tertiary/aromatic N) is 3. The third-order valence-electron chi connectivity index (χ3n) is 7.05. The van der Waals surface area contributed by atoms with E-state index in [1.165, 1.54) is 6.07 Å². The lowest BCUT2D eigenvalue weighted by atomic mass is 9.73. The highest BCUT2D eigenvalue weighted by Crippen LogP contribution is 2.46. The second kappa shape index (κ2) is 7.78. The van der Waals surface area contributed by atoms with Crippen LogP contribution in [0.3, 0.4) is 0 Å². The minimum atomic E-state index is -0.316. The summed E-state index contributed by atoms with van der Waals surface area (Å²) in [6.45, 7) is 3.92. The summed E-state index contributed by atoms with van der Waals surface area (Å²) in [5.74, 6) is -0.0141. The van der Waals surface area contributed by atoms with Crippen LogP contribution in [0.2, 0.25) is 0 Å². The number of hydrogen-bond donors (Lipinski definition) is 3. The normalized spacial score (nSPS) is 16.6. The molecular weight excluding hydrogens is 447 g/mol. The van der Waals surface area contributed by atoms with E-state index in [4.69, 9.17) is 4.74 Å². The Morgan fingerprint density at radius 3 is 2.80 bits per heavy atom. The fourth-order valence-corrected chi connectivity index (χ4v) is 5.34. The van der Waals surface area contributed by atoms with Crippen LogP contribution in [0.4, 0.5) is 15.8 Å². The Morgan fingerprint density at radius 2 is 2.03 bits per heavy atom. The van der Waals surface area contributed by atoms with Gasteiger partial charge in [-0.3, -0.25) is 9.78 Å². The van der Waals surface area contributed by atoms with E-state index in [0.29, 0.717) is 51.7 Å². The van der Waals surface area contributed by atoms with E-state index in [1.807, 2.05) is 12.1 Å². The number of H-pyrrole nitrogens is 1. The van der Waals surface area contributed by atoms with Gasteiger partial charge in [0.15, 0.2) is 0 Å². The third kappa shape index (κ3) is 3.26. The summed E-state index contributed by atoms with van der Waals surface area (Å²) in [4.78, 5) is 28.2. The maximum absolute atomic E-state index is 14.4. The number of likely N-dealkylation sites (tertiary alicyclic amines) is 1. The van der Waals surface area contributed by atoms with Crippen molar-refractivity contribution in [3.05, 3.63) is 65.2 Å². The topological polar surface area (TPSA) is 95.2 Å². The fraction of sp³-hybridized carbons (Fsp3) is 0.269. The third-order valence-corrected chi connectivity index (χ3v) is 7.05. The van der Waals surface area contributed by atoms with Crippen LogP contribution in [0.1, 0.15) is 21.6 Å². The average Bonchev–Trinajstić information content (AvgIpc) is 3.22. The molecule has 1 aromatic carbocycles. The van der Waals surface area contributed by atoms with E-state index < -0.39 is 0 Å². The Hall–Kier alpha value is -3.98. The molecule has 0 radical (unpaired) electrons. The molecule has 2 aliphatic rings. The SMILES string of the molecule is COc1ccc2nccc(-c3[nH]c4c(c3Nc3cccc(F)c3C)C(=O)NCC43CN(C)C3)c2n1. The number of fused-ring (bicyclic) bond motifs is 3. The molecule has 3 aromatic heterocycles. The minimum Gasteiger partial charge on any atom is -0.481 e. The van der Waals surface area contributed by atoms with Gasteiger partial charge in [0.1, 0.15) is 11.3 Å². The first-order valence-corrected chi connectivity index (χ1v) is 11.5. The number of ether oxygens (including phenoxy) is 1. The zero-order valence-electron chi connectivity index (χ0n) is 19.7. The van der Waals surface area contributed by atoms with Crippen LogP contribution in [0.5, 0.6) is 5.88 Å². The van der Waals surface area contributed by atoms with Crippen molar-refractivity contribution in [3.63, 3.8) is 0 Å². The van der Waals surface area contributed by atoms with Crippen molar-refractivity contribution in [2.45, 2.75) is 12.3 Å². The molecule has 5 heterocycles. The largest absolute Gasteiger partial charge is 0.481 e. The minimum absolute atomic E-state index is 0.164. The van der Waals surface area contributed by atoms with Gasteiger partial charge in [-0.25, -0.2) is 9.37 Å². The van der Waals surface area contributed by atoms with Crippen molar-refractivity contribution in [3.8, 4) is 17.1 Å². The summed E-state index contributed by atoms with van der Waals surface area (Å²) in [5.41, 5.74) is 5.71. The Kier molecular flexibility index (Phi) is 4.79. The van der Waals surface area contributed by atoms with Gasteiger partial charge in [-0.15, -0.1) is 0 Å². The number of amides is 1. The zero-order valence-corrected chi connectivity index (χ0v) is 19.7. The fourth-order valence-electron chi connectivity index (χ4n) is 5.34. The van der Waals surface area contributed by atoms with Crippen LogP contribution in [0.15, 0.2) is 42.6 Å². The molecule has 3 N–H and O–H groups in total. The number of aromatic nitrogens is 3. The van der Waals surface area contributed by atoms with E-state index in [0.717, 1.165) is 24.3 Å². The van der Waals surface area contributed by atoms with Crippen molar-refractivity contribution in [2.24, 2.45) is 0 Å². The van der Waals surface area contributed by atoms with Gasteiger partial charge in [-0.2, -0.15) is 0 Å². The lowest BCUT2D eigenvalue weighted by Crippen LogP contribution is -2.65. The van der Waals surface area contributed by atoms with Gasteiger partial charge in [0.25, 0.3) is 5.91 Å². The Labute approximate surface area is 201 Å². The molecule has 0 atom stereocenters. The number of hydrogen-bond acceptors (Lipinski definition) is 6. The smallest absolute Gasteiger partial charge is 0.255 e. The van der Waals surface area contributed by atoms with E-state index in [1.54, 1.807) is 38.4 Å². The molecule has 178 valence electrons. The molecule has 0 unspecified atom stereocenters. The van der Waals surface area contributed by atoms with Gasteiger partial charge in [0.05, 0.1) is 35.0 Å². The first kappa shape index (κ1) is 21.5. The van der Waals surface area contributed by atoms with Gasteiger partial charge < -0.3 is 25.3 Å². The molecule has 0 saturated carbocycles. The van der Waals surface area contributed by atoms with Crippen molar-refractivity contribution in [1.29, 1.82) is 0 Å². The second-order valence-electron chi connectivity index (χ2n) is 9.38. The van der Waals surface area contributed by atoms with Crippen molar-refractivity contribution in [1.82, 2.24) is 25.2 Å². The number of benzene rings is 1. The number of pyridine rings is 2. The van der Waals surface area contributed by atoms with Gasteiger partial charge in [-0.1, -0.05) is 6.07 Å².